The topological polar surface area (TPSA) is 32.5 Å². The Morgan fingerprint density at radius 2 is 1.86 bits per heavy atom. The summed E-state index contributed by atoms with van der Waals surface area (Å²) in [7, 11) is 2.21. The van der Waals surface area contributed by atoms with Crippen LogP contribution < -0.4 is 5.73 Å². The molecular formula is C11H23N3. The number of likely N-dealkylation sites (tertiary alicyclic amines) is 1. The summed E-state index contributed by atoms with van der Waals surface area (Å²) in [4.78, 5) is 5.11. The van der Waals surface area contributed by atoms with Crippen LogP contribution in [0.3, 0.4) is 0 Å². The monoisotopic (exact) mass is 197 g/mol. The Hall–Kier alpha value is -0.120. The molecule has 0 aromatic rings. The summed E-state index contributed by atoms with van der Waals surface area (Å²) in [5.41, 5.74) is 5.57. The van der Waals surface area contributed by atoms with Gasteiger partial charge in [-0.25, -0.2) is 0 Å². The first-order valence-electron chi connectivity index (χ1n) is 5.95. The average molecular weight is 197 g/mol. The summed E-state index contributed by atoms with van der Waals surface area (Å²) in [6, 6.07) is 1.74. The van der Waals surface area contributed by atoms with E-state index in [2.05, 4.69) is 16.8 Å². The van der Waals surface area contributed by atoms with E-state index in [9.17, 15) is 0 Å². The number of nitrogens with two attached hydrogens (primary N) is 1. The van der Waals surface area contributed by atoms with Gasteiger partial charge >= 0.3 is 0 Å². The quantitative estimate of drug-likeness (QED) is 0.712. The van der Waals surface area contributed by atoms with E-state index in [-0.39, 0.29) is 0 Å². The van der Waals surface area contributed by atoms with Gasteiger partial charge in [-0.15, -0.1) is 0 Å². The minimum absolute atomic E-state index is 0.786. The van der Waals surface area contributed by atoms with Crippen LogP contribution >= 0.6 is 0 Å². The molecule has 3 heteroatoms. The zero-order chi connectivity index (χ0) is 9.97. The van der Waals surface area contributed by atoms with Crippen molar-refractivity contribution in [1.82, 2.24) is 9.80 Å². The third-order valence-electron chi connectivity index (χ3n) is 3.67. The van der Waals surface area contributed by atoms with Crippen molar-refractivity contribution in [3.05, 3.63) is 0 Å². The van der Waals surface area contributed by atoms with Crippen LogP contribution in [0.4, 0.5) is 0 Å². The Bertz CT molecular complexity index is 171. The van der Waals surface area contributed by atoms with Crippen LogP contribution in [-0.2, 0) is 0 Å². The minimum Gasteiger partial charge on any atom is -0.329 e. The first kappa shape index (κ1) is 10.4. The van der Waals surface area contributed by atoms with E-state index in [1.807, 2.05) is 0 Å². The number of hydrogen-bond donors (Lipinski definition) is 1. The summed E-state index contributed by atoms with van der Waals surface area (Å²) >= 11 is 0. The molecule has 1 saturated carbocycles. The predicted molar refractivity (Wildman–Crippen MR) is 59.3 cm³/mol. The van der Waals surface area contributed by atoms with E-state index in [1.54, 1.807) is 0 Å². The third kappa shape index (κ3) is 2.47. The van der Waals surface area contributed by atoms with Gasteiger partial charge in [0.1, 0.15) is 0 Å². The van der Waals surface area contributed by atoms with Crippen LogP contribution in [0, 0.1) is 0 Å². The van der Waals surface area contributed by atoms with Crippen molar-refractivity contribution in [2.45, 2.75) is 37.8 Å². The van der Waals surface area contributed by atoms with Crippen LogP contribution in [0.25, 0.3) is 0 Å². The lowest BCUT2D eigenvalue weighted by atomic mass is 10.0. The molecule has 1 heterocycles. The second-order valence-electron chi connectivity index (χ2n) is 4.77. The molecular weight excluding hydrogens is 174 g/mol. The molecule has 1 aliphatic heterocycles. The van der Waals surface area contributed by atoms with Gasteiger partial charge in [-0.05, 0) is 45.8 Å². The molecule has 2 fully saturated rings. The highest BCUT2D eigenvalue weighted by molar-refractivity contribution is 4.89. The molecule has 0 bridgehead atoms. The molecule has 1 saturated heterocycles. The van der Waals surface area contributed by atoms with Crippen LogP contribution in [0.15, 0.2) is 0 Å². The van der Waals surface area contributed by atoms with Crippen LogP contribution in [0.5, 0.6) is 0 Å². The van der Waals surface area contributed by atoms with E-state index in [4.69, 9.17) is 5.73 Å². The lowest BCUT2D eigenvalue weighted by Gasteiger charge is -2.36. The molecule has 1 aliphatic carbocycles. The van der Waals surface area contributed by atoms with Gasteiger partial charge in [0.15, 0.2) is 0 Å². The predicted octanol–water partition coefficient (Wildman–Crippen LogP) is 0.504. The Kier molecular flexibility index (Phi) is 3.42. The van der Waals surface area contributed by atoms with Crippen molar-refractivity contribution >= 4 is 0 Å². The van der Waals surface area contributed by atoms with Gasteiger partial charge < -0.3 is 15.5 Å². The maximum absolute atomic E-state index is 5.57. The Labute approximate surface area is 87.2 Å². The van der Waals surface area contributed by atoms with Gasteiger partial charge in [-0.2, -0.15) is 0 Å². The maximum Gasteiger partial charge on any atom is 0.0117 e. The Balaban J connectivity index is 1.71. The SMILES string of the molecule is CN(CCN)C1CCN(C2CC2)CC1. The molecule has 14 heavy (non-hydrogen) atoms. The number of nitrogens with zero attached hydrogens (tertiary/aromatic N) is 2. The highest BCUT2D eigenvalue weighted by Gasteiger charge is 2.32. The number of hydrogen-bond acceptors (Lipinski definition) is 3. The zero-order valence-corrected chi connectivity index (χ0v) is 9.28. The Morgan fingerprint density at radius 1 is 1.21 bits per heavy atom. The van der Waals surface area contributed by atoms with E-state index in [1.165, 1.54) is 38.8 Å². The fourth-order valence-corrected chi connectivity index (χ4v) is 2.52. The van der Waals surface area contributed by atoms with Gasteiger partial charge in [0, 0.05) is 25.2 Å². The molecule has 0 amide bonds. The van der Waals surface area contributed by atoms with Crippen molar-refractivity contribution in [3.8, 4) is 0 Å². The second kappa shape index (κ2) is 4.60. The normalized spacial score (nSPS) is 25.9. The van der Waals surface area contributed by atoms with Crippen molar-refractivity contribution in [2.75, 3.05) is 33.2 Å². The lowest BCUT2D eigenvalue weighted by molar-refractivity contribution is 0.125. The van der Waals surface area contributed by atoms with Crippen molar-refractivity contribution in [3.63, 3.8) is 0 Å². The van der Waals surface area contributed by atoms with Gasteiger partial charge in [0.2, 0.25) is 0 Å². The molecule has 0 atom stereocenters. The minimum atomic E-state index is 0.786. The van der Waals surface area contributed by atoms with Crippen LogP contribution in [0.1, 0.15) is 25.7 Å². The van der Waals surface area contributed by atoms with Crippen molar-refractivity contribution in [1.29, 1.82) is 0 Å². The summed E-state index contributed by atoms with van der Waals surface area (Å²) in [6.45, 7) is 4.46. The average Bonchev–Trinajstić information content (AvgIpc) is 3.02. The van der Waals surface area contributed by atoms with Crippen LogP contribution in [0.2, 0.25) is 0 Å². The molecule has 2 N–H and O–H groups in total. The molecule has 3 nitrogen and oxygen atoms in total. The van der Waals surface area contributed by atoms with Gasteiger partial charge in [0.05, 0.1) is 0 Å². The Morgan fingerprint density at radius 3 is 2.36 bits per heavy atom. The van der Waals surface area contributed by atoms with E-state index in [0.29, 0.717) is 0 Å². The first-order chi connectivity index (χ1) is 6.81. The van der Waals surface area contributed by atoms with Gasteiger partial charge in [-0.1, -0.05) is 0 Å². The fraction of sp³-hybridized carbons (Fsp3) is 1.00. The number of piperidine rings is 1. The maximum atomic E-state index is 5.57. The van der Waals surface area contributed by atoms with Gasteiger partial charge in [0.25, 0.3) is 0 Å². The number of likely N-dealkylation sites (N-methyl/N-ethyl adjacent to an activating group) is 1. The largest absolute Gasteiger partial charge is 0.329 e. The smallest absolute Gasteiger partial charge is 0.0117 e. The summed E-state index contributed by atoms with van der Waals surface area (Å²) in [5, 5.41) is 0. The summed E-state index contributed by atoms with van der Waals surface area (Å²) in [6.07, 6.45) is 5.58. The second-order valence-corrected chi connectivity index (χ2v) is 4.77. The molecule has 0 spiro atoms. The standard InChI is InChI=1S/C11H23N3/c1-13(9-6-12)10-4-7-14(8-5-10)11-2-3-11/h10-11H,2-9,12H2,1H3. The fourth-order valence-electron chi connectivity index (χ4n) is 2.52. The lowest BCUT2D eigenvalue weighted by Crippen LogP contribution is -2.45. The first-order valence-corrected chi connectivity index (χ1v) is 5.95. The highest BCUT2D eigenvalue weighted by atomic mass is 15.2. The molecule has 0 aromatic heterocycles. The van der Waals surface area contributed by atoms with Crippen molar-refractivity contribution in [2.24, 2.45) is 5.73 Å². The highest BCUT2D eigenvalue weighted by Crippen LogP contribution is 2.29. The van der Waals surface area contributed by atoms with Gasteiger partial charge in [-0.3, -0.25) is 0 Å². The summed E-state index contributed by atoms with van der Waals surface area (Å²) < 4.78 is 0. The van der Waals surface area contributed by atoms with E-state index < -0.39 is 0 Å². The number of rotatable bonds is 4. The summed E-state index contributed by atoms with van der Waals surface area (Å²) in [5.74, 6) is 0. The van der Waals surface area contributed by atoms with E-state index >= 15 is 0 Å². The zero-order valence-electron chi connectivity index (χ0n) is 9.28. The van der Waals surface area contributed by atoms with E-state index in [0.717, 1.165) is 25.2 Å². The molecule has 0 radical (unpaired) electrons. The third-order valence-corrected chi connectivity index (χ3v) is 3.67. The van der Waals surface area contributed by atoms with Crippen LogP contribution in [-0.4, -0.2) is 55.1 Å². The molecule has 0 aromatic carbocycles. The molecule has 0 unspecified atom stereocenters. The molecule has 2 aliphatic rings. The van der Waals surface area contributed by atoms with Crippen molar-refractivity contribution < 1.29 is 0 Å². The molecule has 82 valence electrons. The molecule has 2 rings (SSSR count).